The van der Waals surface area contributed by atoms with Gasteiger partial charge in [-0.1, -0.05) is 18.7 Å². The van der Waals surface area contributed by atoms with Crippen molar-refractivity contribution in [3.05, 3.63) is 41.5 Å². The third-order valence-electron chi connectivity index (χ3n) is 2.90. The van der Waals surface area contributed by atoms with E-state index in [0.29, 0.717) is 5.75 Å². The molecule has 5 heteroatoms. The van der Waals surface area contributed by atoms with Crippen LogP contribution >= 0.6 is 0 Å². The molecule has 0 spiro atoms. The van der Waals surface area contributed by atoms with Crippen LogP contribution in [0.3, 0.4) is 0 Å². The molecule has 1 unspecified atom stereocenters. The van der Waals surface area contributed by atoms with Gasteiger partial charge in [0, 0.05) is 12.0 Å². The van der Waals surface area contributed by atoms with Crippen LogP contribution in [0.4, 0.5) is 0 Å². The summed E-state index contributed by atoms with van der Waals surface area (Å²) in [6, 6.07) is 4.46. The van der Waals surface area contributed by atoms with Crippen LogP contribution in [0.25, 0.3) is 0 Å². The topological polar surface area (TPSA) is 75.6 Å². The maximum Gasteiger partial charge on any atom is 0.326 e. The molecule has 0 saturated carbocycles. The average Bonchev–Trinajstić information content (AvgIpc) is 2.39. The highest BCUT2D eigenvalue weighted by atomic mass is 16.5. The van der Waals surface area contributed by atoms with E-state index in [-0.39, 0.29) is 12.0 Å². The van der Waals surface area contributed by atoms with Gasteiger partial charge in [-0.05, 0) is 31.0 Å². The van der Waals surface area contributed by atoms with Gasteiger partial charge < -0.3 is 15.2 Å². The van der Waals surface area contributed by atoms with E-state index >= 15 is 0 Å². The van der Waals surface area contributed by atoms with Gasteiger partial charge in [-0.25, -0.2) is 4.79 Å². The van der Waals surface area contributed by atoms with Crippen LogP contribution in [0.1, 0.15) is 18.1 Å². The van der Waals surface area contributed by atoms with Crippen LogP contribution in [0.15, 0.2) is 30.4 Å². The predicted octanol–water partition coefficient (Wildman–Crippen LogP) is 1.69. The molecule has 0 aliphatic heterocycles. The lowest BCUT2D eigenvalue weighted by Crippen LogP contribution is -2.42. The van der Waals surface area contributed by atoms with E-state index in [2.05, 4.69) is 11.9 Å². The zero-order valence-electron chi connectivity index (χ0n) is 11.9. The SMILES string of the molecule is C=C(C)C(=O)NC(Cc1ccc(C)c(OC)c1)C(=O)O. The van der Waals surface area contributed by atoms with Gasteiger partial charge in [0.25, 0.3) is 0 Å². The maximum atomic E-state index is 11.5. The van der Waals surface area contributed by atoms with Gasteiger partial charge in [-0.15, -0.1) is 0 Å². The van der Waals surface area contributed by atoms with Crippen molar-refractivity contribution in [2.75, 3.05) is 7.11 Å². The van der Waals surface area contributed by atoms with Crippen LogP contribution < -0.4 is 10.1 Å². The first kappa shape index (κ1) is 15.8. The number of carbonyl (C=O) groups excluding carboxylic acids is 1. The van der Waals surface area contributed by atoms with E-state index in [1.807, 2.05) is 19.1 Å². The van der Waals surface area contributed by atoms with Crippen molar-refractivity contribution in [2.24, 2.45) is 0 Å². The molecule has 1 rings (SSSR count). The third kappa shape index (κ3) is 4.12. The number of carboxylic acids is 1. The summed E-state index contributed by atoms with van der Waals surface area (Å²) < 4.78 is 5.20. The second-order valence-corrected chi connectivity index (χ2v) is 4.65. The Morgan fingerprint density at radius 3 is 2.60 bits per heavy atom. The van der Waals surface area contributed by atoms with Gasteiger partial charge in [0.2, 0.25) is 5.91 Å². The Kier molecular flexibility index (Phi) is 5.32. The molecule has 0 radical (unpaired) electrons. The Hall–Kier alpha value is -2.30. The van der Waals surface area contributed by atoms with E-state index in [1.54, 1.807) is 13.2 Å². The highest BCUT2D eigenvalue weighted by Gasteiger charge is 2.21. The molecule has 1 aromatic carbocycles. The fourth-order valence-electron chi connectivity index (χ4n) is 1.71. The minimum absolute atomic E-state index is 0.186. The Balaban J connectivity index is 2.88. The quantitative estimate of drug-likeness (QED) is 0.776. The average molecular weight is 277 g/mol. The van der Waals surface area contributed by atoms with Crippen LogP contribution in [0, 0.1) is 6.92 Å². The van der Waals surface area contributed by atoms with Crippen molar-refractivity contribution in [2.45, 2.75) is 26.3 Å². The van der Waals surface area contributed by atoms with Crippen molar-refractivity contribution < 1.29 is 19.4 Å². The lowest BCUT2D eigenvalue weighted by molar-refractivity contribution is -0.141. The third-order valence-corrected chi connectivity index (χ3v) is 2.90. The molecule has 20 heavy (non-hydrogen) atoms. The molecular weight excluding hydrogens is 258 g/mol. The summed E-state index contributed by atoms with van der Waals surface area (Å²) in [6.07, 6.45) is 0.186. The van der Waals surface area contributed by atoms with Crippen molar-refractivity contribution in [3.63, 3.8) is 0 Å². The number of amides is 1. The van der Waals surface area contributed by atoms with E-state index in [0.717, 1.165) is 11.1 Å². The number of carbonyl (C=O) groups is 2. The number of aliphatic carboxylic acids is 1. The van der Waals surface area contributed by atoms with Crippen LogP contribution in [0.2, 0.25) is 0 Å². The Bertz CT molecular complexity index is 537. The fraction of sp³-hybridized carbons (Fsp3) is 0.333. The molecule has 0 aromatic heterocycles. The molecule has 1 aromatic rings. The summed E-state index contributed by atoms with van der Waals surface area (Å²) in [7, 11) is 1.56. The summed E-state index contributed by atoms with van der Waals surface area (Å²) >= 11 is 0. The summed E-state index contributed by atoms with van der Waals surface area (Å²) in [5, 5.41) is 11.6. The normalized spacial score (nSPS) is 11.6. The first-order valence-electron chi connectivity index (χ1n) is 6.17. The van der Waals surface area contributed by atoms with Crippen molar-refractivity contribution in [1.82, 2.24) is 5.32 Å². The van der Waals surface area contributed by atoms with Crippen LogP contribution in [-0.4, -0.2) is 30.1 Å². The van der Waals surface area contributed by atoms with Gasteiger partial charge in [-0.3, -0.25) is 4.79 Å². The van der Waals surface area contributed by atoms with Crippen molar-refractivity contribution in [3.8, 4) is 5.75 Å². The first-order valence-corrected chi connectivity index (χ1v) is 6.17. The lowest BCUT2D eigenvalue weighted by Gasteiger charge is -2.15. The molecule has 0 aliphatic carbocycles. The molecule has 1 atom stereocenters. The number of rotatable bonds is 6. The fourth-order valence-corrected chi connectivity index (χ4v) is 1.71. The Labute approximate surface area is 118 Å². The monoisotopic (exact) mass is 277 g/mol. The Morgan fingerprint density at radius 1 is 1.45 bits per heavy atom. The predicted molar refractivity (Wildman–Crippen MR) is 75.8 cm³/mol. The highest BCUT2D eigenvalue weighted by Crippen LogP contribution is 2.20. The van der Waals surface area contributed by atoms with E-state index < -0.39 is 17.9 Å². The van der Waals surface area contributed by atoms with Crippen molar-refractivity contribution in [1.29, 1.82) is 0 Å². The van der Waals surface area contributed by atoms with E-state index in [4.69, 9.17) is 4.74 Å². The number of carboxylic acid groups (broad SMARTS) is 1. The molecule has 0 aliphatic rings. The summed E-state index contributed by atoms with van der Waals surface area (Å²) in [5.74, 6) is -0.853. The summed E-state index contributed by atoms with van der Waals surface area (Å²) in [4.78, 5) is 22.7. The number of aryl methyl sites for hydroxylation is 1. The number of methoxy groups -OCH3 is 1. The van der Waals surface area contributed by atoms with E-state index in [9.17, 15) is 14.7 Å². The number of ether oxygens (including phenoxy) is 1. The molecule has 0 heterocycles. The number of nitrogens with one attached hydrogen (secondary N) is 1. The highest BCUT2D eigenvalue weighted by molar-refractivity contribution is 5.94. The second kappa shape index (κ2) is 6.75. The zero-order valence-corrected chi connectivity index (χ0v) is 11.9. The molecule has 1 amide bonds. The molecule has 5 nitrogen and oxygen atoms in total. The van der Waals surface area contributed by atoms with Crippen molar-refractivity contribution >= 4 is 11.9 Å². The van der Waals surface area contributed by atoms with Gasteiger partial charge >= 0.3 is 5.97 Å². The molecule has 0 bridgehead atoms. The number of hydrogen-bond donors (Lipinski definition) is 2. The Morgan fingerprint density at radius 2 is 2.10 bits per heavy atom. The van der Waals surface area contributed by atoms with E-state index in [1.165, 1.54) is 6.92 Å². The largest absolute Gasteiger partial charge is 0.496 e. The standard InChI is InChI=1S/C15H19NO4/c1-9(2)14(17)16-12(15(18)19)7-11-6-5-10(3)13(8-11)20-4/h5-6,8,12H,1,7H2,2-4H3,(H,16,17)(H,18,19). The molecule has 0 fully saturated rings. The maximum absolute atomic E-state index is 11.5. The summed E-state index contributed by atoms with van der Waals surface area (Å²) in [5.41, 5.74) is 2.02. The number of benzene rings is 1. The smallest absolute Gasteiger partial charge is 0.326 e. The molecule has 2 N–H and O–H groups in total. The summed E-state index contributed by atoms with van der Waals surface area (Å²) in [6.45, 7) is 6.92. The van der Waals surface area contributed by atoms with Gasteiger partial charge in [-0.2, -0.15) is 0 Å². The van der Waals surface area contributed by atoms with Crippen LogP contribution in [-0.2, 0) is 16.0 Å². The van der Waals surface area contributed by atoms with Gasteiger partial charge in [0.1, 0.15) is 11.8 Å². The second-order valence-electron chi connectivity index (χ2n) is 4.65. The van der Waals surface area contributed by atoms with Crippen LogP contribution in [0.5, 0.6) is 5.75 Å². The minimum Gasteiger partial charge on any atom is -0.496 e. The zero-order chi connectivity index (χ0) is 15.3. The lowest BCUT2D eigenvalue weighted by atomic mass is 10.0. The minimum atomic E-state index is -1.08. The molecule has 108 valence electrons. The van der Waals surface area contributed by atoms with Gasteiger partial charge in [0.05, 0.1) is 7.11 Å². The molecular formula is C15H19NO4. The van der Waals surface area contributed by atoms with Gasteiger partial charge in [0.15, 0.2) is 0 Å². The first-order chi connectivity index (χ1) is 9.35. The molecule has 0 saturated heterocycles. The number of hydrogen-bond acceptors (Lipinski definition) is 3.